The van der Waals surface area contributed by atoms with E-state index in [1.54, 1.807) is 0 Å². The summed E-state index contributed by atoms with van der Waals surface area (Å²) in [6.07, 6.45) is 2.93. The maximum absolute atomic E-state index is 12.1. The molecule has 0 radical (unpaired) electrons. The Labute approximate surface area is 112 Å². The van der Waals surface area contributed by atoms with Gasteiger partial charge in [-0.05, 0) is 31.4 Å². The Morgan fingerprint density at radius 2 is 2.16 bits per heavy atom. The molecular weight excluding hydrogens is 244 g/mol. The van der Waals surface area contributed by atoms with E-state index in [0.29, 0.717) is 5.57 Å². The van der Waals surface area contributed by atoms with E-state index in [0.717, 1.165) is 24.0 Å². The third kappa shape index (κ3) is 1.70. The molecule has 102 valence electrons. The summed E-state index contributed by atoms with van der Waals surface area (Å²) in [5.41, 5.74) is 2.52. The van der Waals surface area contributed by atoms with Crippen molar-refractivity contribution in [2.45, 2.75) is 32.8 Å². The van der Waals surface area contributed by atoms with Gasteiger partial charge < -0.3 is 9.84 Å². The summed E-state index contributed by atoms with van der Waals surface area (Å²) in [6, 6.07) is 0. The van der Waals surface area contributed by atoms with E-state index in [-0.39, 0.29) is 42.2 Å². The molecule has 0 aromatic carbocycles. The molecule has 0 aromatic heterocycles. The number of rotatable bonds is 1. The lowest BCUT2D eigenvalue weighted by molar-refractivity contribution is -0.145. The molecule has 2 aliphatic carbocycles. The molecular formula is C15H18O4. The molecule has 0 spiro atoms. The van der Waals surface area contributed by atoms with Gasteiger partial charge in [0.25, 0.3) is 0 Å². The number of allylic oxidation sites excluding steroid dienone is 2. The molecule has 4 heteroatoms. The number of ether oxygens (including phenoxy) is 1. The van der Waals surface area contributed by atoms with Crippen molar-refractivity contribution in [1.82, 2.24) is 0 Å². The fourth-order valence-electron chi connectivity index (χ4n) is 3.71. The molecule has 3 aliphatic rings. The van der Waals surface area contributed by atoms with Gasteiger partial charge in [0, 0.05) is 17.4 Å². The number of hydrogen-bond acceptors (Lipinski definition) is 4. The third-order valence-corrected chi connectivity index (χ3v) is 4.80. The molecule has 1 fully saturated rings. The normalized spacial score (nSPS) is 37.7. The lowest BCUT2D eigenvalue weighted by atomic mass is 9.81. The van der Waals surface area contributed by atoms with Crippen molar-refractivity contribution in [2.24, 2.45) is 17.8 Å². The Balaban J connectivity index is 2.07. The van der Waals surface area contributed by atoms with Gasteiger partial charge in [-0.1, -0.05) is 12.5 Å². The van der Waals surface area contributed by atoms with Crippen molar-refractivity contribution in [3.05, 3.63) is 22.8 Å². The van der Waals surface area contributed by atoms with Crippen molar-refractivity contribution < 1.29 is 19.4 Å². The van der Waals surface area contributed by atoms with Crippen LogP contribution in [0.2, 0.25) is 0 Å². The maximum Gasteiger partial charge on any atom is 0.309 e. The van der Waals surface area contributed by atoms with Crippen LogP contribution in [0.3, 0.4) is 0 Å². The largest absolute Gasteiger partial charge is 0.461 e. The highest BCUT2D eigenvalue weighted by molar-refractivity contribution is 6.09. The van der Waals surface area contributed by atoms with Crippen LogP contribution in [0.4, 0.5) is 0 Å². The molecule has 0 unspecified atom stereocenters. The number of ketones is 1. The highest BCUT2D eigenvalue weighted by Crippen LogP contribution is 2.47. The number of fused-ring (bicyclic) bond motifs is 3. The summed E-state index contributed by atoms with van der Waals surface area (Å²) < 4.78 is 5.52. The van der Waals surface area contributed by atoms with Gasteiger partial charge in [0.2, 0.25) is 0 Å². The Hall–Kier alpha value is -1.42. The van der Waals surface area contributed by atoms with Crippen molar-refractivity contribution in [3.8, 4) is 0 Å². The van der Waals surface area contributed by atoms with E-state index in [1.807, 2.05) is 13.8 Å². The summed E-state index contributed by atoms with van der Waals surface area (Å²) in [5, 5.41) is 9.47. The summed E-state index contributed by atoms with van der Waals surface area (Å²) in [7, 11) is 0. The number of aliphatic hydroxyl groups excluding tert-OH is 1. The first-order chi connectivity index (χ1) is 9.04. The highest BCUT2D eigenvalue weighted by atomic mass is 16.6. The predicted octanol–water partition coefficient (Wildman–Crippen LogP) is 1.39. The van der Waals surface area contributed by atoms with E-state index >= 15 is 0 Å². The van der Waals surface area contributed by atoms with Gasteiger partial charge in [-0.3, -0.25) is 9.59 Å². The fraction of sp³-hybridized carbons (Fsp3) is 0.600. The second kappa shape index (κ2) is 4.30. The van der Waals surface area contributed by atoms with Gasteiger partial charge in [0.15, 0.2) is 5.78 Å². The van der Waals surface area contributed by atoms with Gasteiger partial charge in [-0.25, -0.2) is 0 Å². The molecule has 1 heterocycles. The van der Waals surface area contributed by atoms with Gasteiger partial charge in [-0.15, -0.1) is 0 Å². The van der Waals surface area contributed by atoms with E-state index in [1.165, 1.54) is 6.08 Å². The third-order valence-electron chi connectivity index (χ3n) is 4.80. The number of aliphatic hydroxyl groups is 1. The molecule has 0 saturated carbocycles. The monoisotopic (exact) mass is 262 g/mol. The summed E-state index contributed by atoms with van der Waals surface area (Å²) in [4.78, 5) is 23.9. The molecule has 4 atom stereocenters. The zero-order valence-electron chi connectivity index (χ0n) is 11.2. The van der Waals surface area contributed by atoms with Crippen LogP contribution < -0.4 is 0 Å². The Morgan fingerprint density at radius 3 is 2.84 bits per heavy atom. The van der Waals surface area contributed by atoms with Crippen LogP contribution in [0.15, 0.2) is 22.8 Å². The topological polar surface area (TPSA) is 63.6 Å². The Kier molecular flexibility index (Phi) is 2.86. The fourth-order valence-corrected chi connectivity index (χ4v) is 3.71. The first kappa shape index (κ1) is 12.6. The van der Waals surface area contributed by atoms with Gasteiger partial charge >= 0.3 is 5.97 Å². The summed E-state index contributed by atoms with van der Waals surface area (Å²) in [5.74, 6) is -0.397. The van der Waals surface area contributed by atoms with Crippen LogP contribution in [-0.2, 0) is 14.3 Å². The van der Waals surface area contributed by atoms with Crippen LogP contribution in [0.1, 0.15) is 26.7 Å². The van der Waals surface area contributed by atoms with Crippen LogP contribution in [0, 0.1) is 17.8 Å². The van der Waals surface area contributed by atoms with Crippen molar-refractivity contribution in [1.29, 1.82) is 0 Å². The molecule has 4 nitrogen and oxygen atoms in total. The van der Waals surface area contributed by atoms with Crippen LogP contribution >= 0.6 is 0 Å². The predicted molar refractivity (Wildman–Crippen MR) is 68.1 cm³/mol. The minimum Gasteiger partial charge on any atom is -0.461 e. The smallest absolute Gasteiger partial charge is 0.309 e. The number of hydrogen-bond donors (Lipinski definition) is 1. The minimum absolute atomic E-state index is 0.0252. The molecule has 1 N–H and O–H groups in total. The maximum atomic E-state index is 12.1. The molecule has 0 bridgehead atoms. The molecule has 19 heavy (non-hydrogen) atoms. The molecule has 1 aliphatic heterocycles. The quantitative estimate of drug-likeness (QED) is 0.725. The van der Waals surface area contributed by atoms with E-state index in [4.69, 9.17) is 4.74 Å². The Bertz CT molecular complexity index is 514. The van der Waals surface area contributed by atoms with Crippen LogP contribution in [-0.4, -0.2) is 29.6 Å². The van der Waals surface area contributed by atoms with Crippen molar-refractivity contribution in [2.75, 3.05) is 6.61 Å². The molecule has 1 saturated heterocycles. The van der Waals surface area contributed by atoms with E-state index < -0.39 is 0 Å². The van der Waals surface area contributed by atoms with E-state index in [2.05, 4.69) is 0 Å². The zero-order valence-corrected chi connectivity index (χ0v) is 11.2. The first-order valence-electron chi connectivity index (χ1n) is 6.80. The molecule has 3 rings (SSSR count). The standard InChI is InChI=1S/C15H18O4/c1-7-3-4-10-8(2)15(18)19-14(10)13-9(6-16)5-11(17)12(7)13/h5,8,10,13-14,16H,3-4,6H2,1-2H3/t8-,10-,13-,14-/m0/s1. The van der Waals surface area contributed by atoms with Crippen molar-refractivity contribution in [3.63, 3.8) is 0 Å². The summed E-state index contributed by atoms with van der Waals surface area (Å²) >= 11 is 0. The zero-order chi connectivity index (χ0) is 13.7. The second-order valence-corrected chi connectivity index (χ2v) is 5.81. The van der Waals surface area contributed by atoms with Crippen molar-refractivity contribution >= 4 is 11.8 Å². The average molecular weight is 262 g/mol. The minimum atomic E-state index is -0.278. The molecule has 0 amide bonds. The van der Waals surface area contributed by atoms with Gasteiger partial charge in [-0.2, -0.15) is 0 Å². The number of carbonyl (C=O) groups excluding carboxylic acids is 2. The lowest BCUT2D eigenvalue weighted by Gasteiger charge is -2.25. The number of carbonyl (C=O) groups is 2. The summed E-state index contributed by atoms with van der Waals surface area (Å²) in [6.45, 7) is 3.72. The van der Waals surface area contributed by atoms with Crippen LogP contribution in [0.25, 0.3) is 0 Å². The van der Waals surface area contributed by atoms with Crippen LogP contribution in [0.5, 0.6) is 0 Å². The molecule has 0 aromatic rings. The second-order valence-electron chi connectivity index (χ2n) is 5.81. The lowest BCUT2D eigenvalue weighted by Crippen LogP contribution is -2.29. The number of esters is 1. The SMILES string of the molecule is CC1=C2C(=O)C=C(CO)[C@@H]2[C@H]2OC(=O)[C@@H](C)[C@@H]2CC1. The highest BCUT2D eigenvalue weighted by Gasteiger charge is 2.51. The first-order valence-corrected chi connectivity index (χ1v) is 6.80. The van der Waals surface area contributed by atoms with Gasteiger partial charge in [0.1, 0.15) is 6.10 Å². The van der Waals surface area contributed by atoms with E-state index in [9.17, 15) is 14.7 Å². The van der Waals surface area contributed by atoms with Gasteiger partial charge in [0.05, 0.1) is 12.5 Å². The average Bonchev–Trinajstić information content (AvgIpc) is 2.80. The Morgan fingerprint density at radius 1 is 1.42 bits per heavy atom.